The van der Waals surface area contributed by atoms with Gasteiger partial charge < -0.3 is 5.73 Å². The number of thiazole rings is 1. The Balaban J connectivity index is 2.17. The number of aromatic nitrogens is 1. The van der Waals surface area contributed by atoms with Crippen LogP contribution in [0.3, 0.4) is 0 Å². The first-order valence-electron chi connectivity index (χ1n) is 6.43. The highest BCUT2D eigenvalue weighted by Gasteiger charge is 2.19. The van der Waals surface area contributed by atoms with E-state index in [9.17, 15) is 0 Å². The van der Waals surface area contributed by atoms with Gasteiger partial charge in [0.2, 0.25) is 0 Å². The maximum absolute atomic E-state index is 6.24. The molecule has 2 aromatic rings. The first-order chi connectivity index (χ1) is 9.27. The van der Waals surface area contributed by atoms with E-state index in [0.29, 0.717) is 16.5 Å². The molecule has 1 aromatic carbocycles. The van der Waals surface area contributed by atoms with Crippen molar-refractivity contribution in [3.05, 3.63) is 49.9 Å². The fourth-order valence-electron chi connectivity index (χ4n) is 1.85. The van der Waals surface area contributed by atoms with Crippen LogP contribution in [0.1, 0.15) is 43.1 Å². The van der Waals surface area contributed by atoms with E-state index in [2.05, 4.69) is 31.1 Å². The van der Waals surface area contributed by atoms with E-state index in [4.69, 9.17) is 28.9 Å². The van der Waals surface area contributed by atoms with Gasteiger partial charge in [-0.25, -0.2) is 4.98 Å². The third kappa shape index (κ3) is 3.73. The third-order valence-electron chi connectivity index (χ3n) is 3.07. The highest BCUT2D eigenvalue weighted by Crippen LogP contribution is 2.29. The minimum atomic E-state index is -0.194. The molecule has 1 heterocycles. The predicted molar refractivity (Wildman–Crippen MR) is 87.9 cm³/mol. The minimum Gasteiger partial charge on any atom is -0.324 e. The first-order valence-corrected chi connectivity index (χ1v) is 8.06. The molecule has 0 bridgehead atoms. The topological polar surface area (TPSA) is 38.9 Å². The van der Waals surface area contributed by atoms with E-state index in [1.165, 1.54) is 0 Å². The molecular formula is C15H18Cl2N2S. The molecule has 2 N–H and O–H groups in total. The quantitative estimate of drug-likeness (QED) is 0.861. The van der Waals surface area contributed by atoms with Crippen LogP contribution in [0.15, 0.2) is 23.6 Å². The number of hydrogen-bond donors (Lipinski definition) is 1. The number of nitrogens with zero attached hydrogens (tertiary/aromatic N) is 1. The van der Waals surface area contributed by atoms with Crippen molar-refractivity contribution in [3.63, 3.8) is 0 Å². The number of benzene rings is 1. The summed E-state index contributed by atoms with van der Waals surface area (Å²) in [6.07, 6.45) is 0.667. The SMILES string of the molecule is CC(C)(C)c1csc(CC(N)c2cc(Cl)ccc2Cl)n1. The molecule has 1 atom stereocenters. The normalized spacial score (nSPS) is 13.5. The second-order valence-electron chi connectivity index (χ2n) is 5.85. The molecular weight excluding hydrogens is 311 g/mol. The molecule has 0 saturated heterocycles. The Labute approximate surface area is 133 Å². The van der Waals surface area contributed by atoms with Crippen molar-refractivity contribution < 1.29 is 0 Å². The molecule has 0 saturated carbocycles. The molecule has 0 amide bonds. The summed E-state index contributed by atoms with van der Waals surface area (Å²) >= 11 is 13.8. The molecule has 5 heteroatoms. The van der Waals surface area contributed by atoms with Crippen molar-refractivity contribution in [2.45, 2.75) is 38.6 Å². The second kappa shape index (κ2) is 6.02. The van der Waals surface area contributed by atoms with Crippen LogP contribution in [-0.2, 0) is 11.8 Å². The fourth-order valence-corrected chi connectivity index (χ4v) is 3.36. The fraction of sp³-hybridized carbons (Fsp3) is 0.400. The zero-order chi connectivity index (χ0) is 14.9. The van der Waals surface area contributed by atoms with Gasteiger partial charge in [0.15, 0.2) is 0 Å². The average molecular weight is 329 g/mol. The van der Waals surface area contributed by atoms with Gasteiger partial charge in [-0.1, -0.05) is 44.0 Å². The number of hydrogen-bond acceptors (Lipinski definition) is 3. The van der Waals surface area contributed by atoms with Crippen LogP contribution in [0.4, 0.5) is 0 Å². The van der Waals surface area contributed by atoms with Gasteiger partial charge in [-0.15, -0.1) is 11.3 Å². The lowest BCUT2D eigenvalue weighted by atomic mass is 9.93. The van der Waals surface area contributed by atoms with Gasteiger partial charge in [0, 0.05) is 33.3 Å². The molecule has 108 valence electrons. The van der Waals surface area contributed by atoms with Crippen LogP contribution in [0, 0.1) is 0 Å². The maximum atomic E-state index is 6.24. The summed E-state index contributed by atoms with van der Waals surface area (Å²) in [4.78, 5) is 4.66. The average Bonchev–Trinajstić information content (AvgIpc) is 2.80. The third-order valence-corrected chi connectivity index (χ3v) is 4.52. The Morgan fingerprint density at radius 1 is 1.30 bits per heavy atom. The summed E-state index contributed by atoms with van der Waals surface area (Å²) in [6, 6.07) is 5.18. The smallest absolute Gasteiger partial charge is 0.0947 e. The lowest BCUT2D eigenvalue weighted by Crippen LogP contribution is -2.15. The molecule has 0 fully saturated rings. The van der Waals surface area contributed by atoms with Gasteiger partial charge in [-0.2, -0.15) is 0 Å². The Morgan fingerprint density at radius 3 is 2.60 bits per heavy atom. The Hall–Kier alpha value is -0.610. The van der Waals surface area contributed by atoms with Crippen molar-refractivity contribution >= 4 is 34.5 Å². The van der Waals surface area contributed by atoms with Gasteiger partial charge in [0.05, 0.1) is 10.7 Å². The van der Waals surface area contributed by atoms with Crippen molar-refractivity contribution in [3.8, 4) is 0 Å². The number of halogens is 2. The highest BCUT2D eigenvalue weighted by molar-refractivity contribution is 7.09. The summed E-state index contributed by atoms with van der Waals surface area (Å²) in [7, 11) is 0. The molecule has 0 aliphatic carbocycles. The Bertz CT molecular complexity index is 602. The maximum Gasteiger partial charge on any atom is 0.0947 e. The van der Waals surface area contributed by atoms with Gasteiger partial charge in [-0.05, 0) is 23.8 Å². The minimum absolute atomic E-state index is 0.0620. The van der Waals surface area contributed by atoms with Crippen LogP contribution >= 0.6 is 34.5 Å². The Kier molecular flexibility index (Phi) is 4.75. The van der Waals surface area contributed by atoms with E-state index in [0.717, 1.165) is 16.3 Å². The van der Waals surface area contributed by atoms with E-state index < -0.39 is 0 Å². The predicted octanol–water partition coefficient (Wildman–Crippen LogP) is 4.99. The van der Waals surface area contributed by atoms with E-state index in [1.54, 1.807) is 23.5 Å². The van der Waals surface area contributed by atoms with Crippen LogP contribution in [0.5, 0.6) is 0 Å². The van der Waals surface area contributed by atoms with Crippen molar-refractivity contribution in [1.82, 2.24) is 4.98 Å². The molecule has 1 aromatic heterocycles. The molecule has 0 aliphatic rings. The molecule has 0 radical (unpaired) electrons. The molecule has 2 rings (SSSR count). The Morgan fingerprint density at radius 2 is 2.00 bits per heavy atom. The van der Waals surface area contributed by atoms with Gasteiger partial charge in [-0.3, -0.25) is 0 Å². The molecule has 2 nitrogen and oxygen atoms in total. The summed E-state index contributed by atoms with van der Waals surface area (Å²) in [5, 5.41) is 4.42. The highest BCUT2D eigenvalue weighted by atomic mass is 35.5. The largest absolute Gasteiger partial charge is 0.324 e. The van der Waals surface area contributed by atoms with Gasteiger partial charge in [0.25, 0.3) is 0 Å². The zero-order valence-electron chi connectivity index (χ0n) is 11.8. The van der Waals surface area contributed by atoms with Crippen LogP contribution in [0.2, 0.25) is 10.0 Å². The summed E-state index contributed by atoms with van der Waals surface area (Å²) in [5.41, 5.74) is 8.27. The zero-order valence-corrected chi connectivity index (χ0v) is 14.1. The first kappa shape index (κ1) is 15.8. The van der Waals surface area contributed by atoms with Crippen molar-refractivity contribution in [2.75, 3.05) is 0 Å². The molecule has 0 spiro atoms. The molecule has 0 aliphatic heterocycles. The summed E-state index contributed by atoms with van der Waals surface area (Å²) < 4.78 is 0. The van der Waals surface area contributed by atoms with Crippen LogP contribution in [0.25, 0.3) is 0 Å². The van der Waals surface area contributed by atoms with E-state index in [1.807, 2.05) is 6.07 Å². The standard InChI is InChI=1S/C15H18Cl2N2S/c1-15(2,3)13-8-20-14(19-13)7-12(18)10-6-9(16)4-5-11(10)17/h4-6,8,12H,7,18H2,1-3H3. The monoisotopic (exact) mass is 328 g/mol. The van der Waals surface area contributed by atoms with Crippen LogP contribution < -0.4 is 5.73 Å². The van der Waals surface area contributed by atoms with E-state index in [-0.39, 0.29) is 11.5 Å². The number of nitrogens with two attached hydrogens (primary N) is 1. The van der Waals surface area contributed by atoms with Crippen LogP contribution in [-0.4, -0.2) is 4.98 Å². The summed E-state index contributed by atoms with van der Waals surface area (Å²) in [5.74, 6) is 0. The van der Waals surface area contributed by atoms with Gasteiger partial charge in [0.1, 0.15) is 0 Å². The molecule has 20 heavy (non-hydrogen) atoms. The van der Waals surface area contributed by atoms with Crippen molar-refractivity contribution in [1.29, 1.82) is 0 Å². The van der Waals surface area contributed by atoms with Crippen molar-refractivity contribution in [2.24, 2.45) is 5.73 Å². The lowest BCUT2D eigenvalue weighted by Gasteiger charge is -2.15. The van der Waals surface area contributed by atoms with E-state index >= 15 is 0 Å². The lowest BCUT2D eigenvalue weighted by molar-refractivity contribution is 0.569. The van der Waals surface area contributed by atoms with Gasteiger partial charge >= 0.3 is 0 Å². The number of rotatable bonds is 3. The molecule has 1 unspecified atom stereocenters. The second-order valence-corrected chi connectivity index (χ2v) is 7.64. The summed E-state index contributed by atoms with van der Waals surface area (Å²) in [6.45, 7) is 6.46.